The van der Waals surface area contributed by atoms with Crippen molar-refractivity contribution in [1.29, 1.82) is 0 Å². The molecule has 0 aliphatic carbocycles. The van der Waals surface area contributed by atoms with Crippen LogP contribution in [0.25, 0.3) is 0 Å². The third-order valence-corrected chi connectivity index (χ3v) is 5.08. The molecule has 0 fully saturated rings. The van der Waals surface area contributed by atoms with Crippen molar-refractivity contribution in [3.63, 3.8) is 0 Å². The molecule has 0 unspecified atom stereocenters. The van der Waals surface area contributed by atoms with Gasteiger partial charge in [-0.15, -0.1) is 0 Å². The molecule has 0 bridgehead atoms. The number of nitrogens with zero attached hydrogens (tertiary/aromatic N) is 3. The fourth-order valence-corrected chi connectivity index (χ4v) is 3.56. The van der Waals surface area contributed by atoms with E-state index >= 15 is 0 Å². The molecule has 0 spiro atoms. The standard InChI is InChI=1S/C22H23N5O3/c1-13-5-7-15(8-6-13)26-21(28)19-14(2)25-22-23-12-24-27(22)20(19)17-11-16(29-3)9-10-18(17)30-4/h5-12,20H,1-4H3,(H,26,28)(H,23,24,25)/t20-/m1/s1. The minimum atomic E-state index is -0.542. The van der Waals surface area contributed by atoms with Gasteiger partial charge in [0.15, 0.2) is 0 Å². The van der Waals surface area contributed by atoms with Crippen molar-refractivity contribution in [3.05, 3.63) is 71.2 Å². The monoisotopic (exact) mass is 405 g/mol. The Morgan fingerprint density at radius 3 is 2.57 bits per heavy atom. The molecule has 1 atom stereocenters. The Morgan fingerprint density at radius 1 is 1.10 bits per heavy atom. The van der Waals surface area contributed by atoms with Crippen LogP contribution >= 0.6 is 0 Å². The second-order valence-corrected chi connectivity index (χ2v) is 7.02. The van der Waals surface area contributed by atoms with Gasteiger partial charge in [-0.25, -0.2) is 4.68 Å². The number of hydrogen-bond acceptors (Lipinski definition) is 6. The largest absolute Gasteiger partial charge is 0.497 e. The molecule has 2 N–H and O–H groups in total. The van der Waals surface area contributed by atoms with Gasteiger partial charge in [-0.05, 0) is 44.2 Å². The van der Waals surface area contributed by atoms with Crippen molar-refractivity contribution in [2.75, 3.05) is 24.9 Å². The maximum Gasteiger partial charge on any atom is 0.255 e. The van der Waals surface area contributed by atoms with Gasteiger partial charge < -0.3 is 20.1 Å². The van der Waals surface area contributed by atoms with Crippen molar-refractivity contribution >= 4 is 17.5 Å². The van der Waals surface area contributed by atoms with Crippen molar-refractivity contribution in [1.82, 2.24) is 14.8 Å². The van der Waals surface area contributed by atoms with E-state index in [0.717, 1.165) is 11.1 Å². The van der Waals surface area contributed by atoms with Crippen molar-refractivity contribution in [3.8, 4) is 11.5 Å². The zero-order chi connectivity index (χ0) is 21.3. The van der Waals surface area contributed by atoms with E-state index in [-0.39, 0.29) is 5.91 Å². The average Bonchev–Trinajstić information content (AvgIpc) is 3.21. The molecule has 8 nitrogen and oxygen atoms in total. The number of nitrogens with one attached hydrogen (secondary N) is 2. The summed E-state index contributed by atoms with van der Waals surface area (Å²) in [7, 11) is 3.19. The maximum absolute atomic E-state index is 13.4. The van der Waals surface area contributed by atoms with Gasteiger partial charge in [0, 0.05) is 16.9 Å². The van der Waals surface area contributed by atoms with Crippen LogP contribution in [-0.2, 0) is 4.79 Å². The van der Waals surface area contributed by atoms with Gasteiger partial charge in [0.2, 0.25) is 5.95 Å². The Kier molecular flexibility index (Phi) is 5.14. The lowest BCUT2D eigenvalue weighted by Gasteiger charge is -2.29. The van der Waals surface area contributed by atoms with Crippen LogP contribution in [0, 0.1) is 6.92 Å². The average molecular weight is 405 g/mol. The summed E-state index contributed by atoms with van der Waals surface area (Å²) in [5.41, 5.74) is 3.79. The lowest BCUT2D eigenvalue weighted by atomic mass is 9.94. The number of methoxy groups -OCH3 is 2. The topological polar surface area (TPSA) is 90.3 Å². The van der Waals surface area contributed by atoms with E-state index in [0.29, 0.717) is 34.4 Å². The highest BCUT2D eigenvalue weighted by Crippen LogP contribution is 2.40. The molecular weight excluding hydrogens is 382 g/mol. The summed E-state index contributed by atoms with van der Waals surface area (Å²) in [5.74, 6) is 1.59. The molecule has 0 saturated carbocycles. The van der Waals surface area contributed by atoms with Crippen molar-refractivity contribution in [2.45, 2.75) is 19.9 Å². The highest BCUT2D eigenvalue weighted by atomic mass is 16.5. The summed E-state index contributed by atoms with van der Waals surface area (Å²) in [6.45, 7) is 3.85. The Bertz CT molecular complexity index is 1120. The van der Waals surface area contributed by atoms with Gasteiger partial charge in [-0.1, -0.05) is 17.7 Å². The number of carbonyl (C=O) groups is 1. The smallest absolute Gasteiger partial charge is 0.255 e. The highest BCUT2D eigenvalue weighted by molar-refractivity contribution is 6.06. The summed E-state index contributed by atoms with van der Waals surface area (Å²) in [6.07, 6.45) is 1.45. The SMILES string of the molecule is COc1ccc(OC)c([C@@H]2C(C(=O)Nc3ccc(C)cc3)=C(C)Nc3ncnn32)c1. The molecule has 2 aromatic carbocycles. The van der Waals surface area contributed by atoms with Gasteiger partial charge in [0.1, 0.15) is 23.9 Å². The van der Waals surface area contributed by atoms with Gasteiger partial charge in [0.25, 0.3) is 5.91 Å². The van der Waals surface area contributed by atoms with Crippen LogP contribution in [0.1, 0.15) is 24.1 Å². The van der Waals surface area contributed by atoms with Crippen molar-refractivity contribution < 1.29 is 14.3 Å². The van der Waals surface area contributed by atoms with E-state index in [2.05, 4.69) is 20.7 Å². The molecule has 30 heavy (non-hydrogen) atoms. The van der Waals surface area contributed by atoms with Gasteiger partial charge in [-0.2, -0.15) is 10.1 Å². The number of allylic oxidation sites excluding steroid dienone is 1. The van der Waals surface area contributed by atoms with Crippen LogP contribution in [0.3, 0.4) is 0 Å². The zero-order valence-electron chi connectivity index (χ0n) is 17.3. The Hall–Kier alpha value is -3.81. The number of amides is 1. The number of rotatable bonds is 5. The zero-order valence-corrected chi connectivity index (χ0v) is 17.3. The fraction of sp³-hybridized carbons (Fsp3) is 0.227. The van der Waals surface area contributed by atoms with Crippen molar-refractivity contribution in [2.24, 2.45) is 0 Å². The molecule has 3 aromatic rings. The van der Waals surface area contributed by atoms with Crippen LogP contribution in [0.5, 0.6) is 11.5 Å². The minimum Gasteiger partial charge on any atom is -0.497 e. The van der Waals surface area contributed by atoms with Crippen LogP contribution in [0.4, 0.5) is 11.6 Å². The Balaban J connectivity index is 1.82. The van der Waals surface area contributed by atoms with Crippen LogP contribution in [-0.4, -0.2) is 34.9 Å². The maximum atomic E-state index is 13.4. The van der Waals surface area contributed by atoms with E-state index < -0.39 is 6.04 Å². The molecule has 154 valence electrons. The van der Waals surface area contributed by atoms with Crippen LogP contribution in [0.2, 0.25) is 0 Å². The molecule has 0 saturated heterocycles. The number of aryl methyl sites for hydroxylation is 1. The molecule has 0 radical (unpaired) electrons. The number of anilines is 2. The second-order valence-electron chi connectivity index (χ2n) is 7.02. The number of hydrogen-bond donors (Lipinski definition) is 2. The van der Waals surface area contributed by atoms with Gasteiger partial charge in [-0.3, -0.25) is 4.79 Å². The first-order valence-electron chi connectivity index (χ1n) is 9.49. The normalized spacial score (nSPS) is 15.3. The first kappa shape index (κ1) is 19.5. The van der Waals surface area contributed by atoms with E-state index in [1.165, 1.54) is 6.33 Å². The molecule has 4 rings (SSSR count). The third-order valence-electron chi connectivity index (χ3n) is 5.08. The number of ether oxygens (including phenoxy) is 2. The lowest BCUT2D eigenvalue weighted by molar-refractivity contribution is -0.113. The van der Waals surface area contributed by atoms with E-state index in [1.807, 2.05) is 56.3 Å². The van der Waals surface area contributed by atoms with E-state index in [4.69, 9.17) is 9.47 Å². The molecule has 2 heterocycles. The molecule has 8 heteroatoms. The predicted molar refractivity (Wildman–Crippen MR) is 114 cm³/mol. The first-order valence-corrected chi connectivity index (χ1v) is 9.49. The summed E-state index contributed by atoms with van der Waals surface area (Å²) in [4.78, 5) is 17.7. The molecule has 1 amide bonds. The fourth-order valence-electron chi connectivity index (χ4n) is 3.56. The van der Waals surface area contributed by atoms with Gasteiger partial charge >= 0.3 is 0 Å². The van der Waals surface area contributed by atoms with Crippen LogP contribution in [0.15, 0.2) is 60.1 Å². The number of carbonyl (C=O) groups excluding carboxylic acids is 1. The molecular formula is C22H23N5O3. The highest BCUT2D eigenvalue weighted by Gasteiger charge is 2.35. The van der Waals surface area contributed by atoms with E-state index in [9.17, 15) is 4.79 Å². The second kappa shape index (κ2) is 7.90. The molecule has 1 aliphatic rings. The van der Waals surface area contributed by atoms with Crippen LogP contribution < -0.4 is 20.1 Å². The first-order chi connectivity index (χ1) is 14.5. The molecule has 1 aromatic heterocycles. The van der Waals surface area contributed by atoms with E-state index in [1.54, 1.807) is 18.9 Å². The Labute approximate surface area is 174 Å². The summed E-state index contributed by atoms with van der Waals surface area (Å²) < 4.78 is 12.7. The molecule has 1 aliphatic heterocycles. The predicted octanol–water partition coefficient (Wildman–Crippen LogP) is 3.53. The summed E-state index contributed by atoms with van der Waals surface area (Å²) in [5, 5.41) is 10.5. The number of fused-ring (bicyclic) bond motifs is 1. The summed E-state index contributed by atoms with van der Waals surface area (Å²) >= 11 is 0. The number of aromatic nitrogens is 3. The Morgan fingerprint density at radius 2 is 1.87 bits per heavy atom. The summed E-state index contributed by atoms with van der Waals surface area (Å²) in [6, 6.07) is 12.6. The lowest BCUT2D eigenvalue weighted by Crippen LogP contribution is -2.31. The van der Waals surface area contributed by atoms with Gasteiger partial charge in [0.05, 0.1) is 19.8 Å². The quantitative estimate of drug-likeness (QED) is 0.675. The number of benzene rings is 2. The minimum absolute atomic E-state index is 0.236. The third kappa shape index (κ3) is 3.47.